The van der Waals surface area contributed by atoms with Crippen molar-refractivity contribution in [2.45, 2.75) is 68.3 Å². The number of aliphatic hydroxyl groups excluding tert-OH is 7. The summed E-state index contributed by atoms with van der Waals surface area (Å²) in [4.78, 5) is 11.3. The van der Waals surface area contributed by atoms with Crippen molar-refractivity contribution in [2.24, 2.45) is 0 Å². The molecule has 0 bridgehead atoms. The van der Waals surface area contributed by atoms with Crippen LogP contribution in [0.1, 0.15) is 6.92 Å². The van der Waals surface area contributed by atoms with E-state index in [9.17, 15) is 40.5 Å². The van der Waals surface area contributed by atoms with Crippen LogP contribution in [-0.4, -0.2) is 116 Å². The molecule has 0 unspecified atom stereocenters. The largest absolute Gasteiger partial charge is 0.394 e. The third-order valence-corrected chi connectivity index (χ3v) is 4.36. The van der Waals surface area contributed by atoms with Crippen molar-refractivity contribution in [2.75, 3.05) is 13.2 Å². The smallest absolute Gasteiger partial charge is 0.217 e. The van der Waals surface area contributed by atoms with Crippen molar-refractivity contribution in [3.05, 3.63) is 0 Å². The molecular weight excluding hydrogens is 358 g/mol. The Morgan fingerprint density at radius 1 is 0.923 bits per heavy atom. The number of aliphatic hydroxyl groups is 7. The topological polar surface area (TPSA) is 198 Å². The van der Waals surface area contributed by atoms with E-state index < -0.39 is 80.5 Å². The first-order valence-electron chi connectivity index (χ1n) is 8.06. The molecule has 0 spiro atoms. The molecule has 0 saturated carbocycles. The summed E-state index contributed by atoms with van der Waals surface area (Å²) >= 11 is 0. The molecule has 0 aliphatic carbocycles. The van der Waals surface area contributed by atoms with Gasteiger partial charge in [0.05, 0.1) is 13.2 Å². The Hall–Kier alpha value is -0.930. The summed E-state index contributed by atoms with van der Waals surface area (Å²) in [5.74, 6) is -0.538. The molecule has 2 fully saturated rings. The lowest BCUT2D eigenvalue weighted by atomic mass is 9.96. The van der Waals surface area contributed by atoms with Crippen LogP contribution in [0.4, 0.5) is 0 Å². The van der Waals surface area contributed by atoms with Crippen LogP contribution < -0.4 is 5.32 Å². The summed E-state index contributed by atoms with van der Waals surface area (Å²) in [7, 11) is 0. The molecule has 1 amide bonds. The molecule has 0 aromatic heterocycles. The zero-order valence-electron chi connectivity index (χ0n) is 14.0. The molecule has 2 saturated heterocycles. The molecule has 0 radical (unpaired) electrons. The van der Waals surface area contributed by atoms with Gasteiger partial charge in [-0.05, 0) is 0 Å². The number of hydrogen-bond acceptors (Lipinski definition) is 11. The van der Waals surface area contributed by atoms with E-state index in [-0.39, 0.29) is 0 Å². The molecule has 12 heteroatoms. The van der Waals surface area contributed by atoms with Gasteiger partial charge in [0.15, 0.2) is 12.6 Å². The molecule has 152 valence electrons. The Labute approximate surface area is 148 Å². The minimum atomic E-state index is -1.75. The summed E-state index contributed by atoms with van der Waals surface area (Å²) in [6, 6.07) is -1.19. The van der Waals surface area contributed by atoms with Crippen molar-refractivity contribution in [1.82, 2.24) is 5.32 Å². The fourth-order valence-electron chi connectivity index (χ4n) is 2.87. The van der Waals surface area contributed by atoms with Crippen molar-refractivity contribution in [3.8, 4) is 0 Å². The minimum absolute atomic E-state index is 0.455. The summed E-state index contributed by atoms with van der Waals surface area (Å²) in [5, 5.41) is 70.1. The molecule has 8 N–H and O–H groups in total. The molecule has 12 nitrogen and oxygen atoms in total. The van der Waals surface area contributed by atoms with E-state index in [0.717, 1.165) is 0 Å². The van der Waals surface area contributed by atoms with Crippen LogP contribution in [-0.2, 0) is 19.0 Å². The van der Waals surface area contributed by atoms with E-state index in [1.807, 2.05) is 0 Å². The molecule has 2 aliphatic heterocycles. The average Bonchev–Trinajstić information content (AvgIpc) is 2.60. The van der Waals surface area contributed by atoms with Crippen molar-refractivity contribution in [3.63, 3.8) is 0 Å². The zero-order valence-corrected chi connectivity index (χ0v) is 14.0. The van der Waals surface area contributed by atoms with E-state index in [1.165, 1.54) is 6.92 Å². The lowest BCUT2D eigenvalue weighted by molar-refractivity contribution is -0.311. The third-order valence-electron chi connectivity index (χ3n) is 4.36. The second-order valence-electron chi connectivity index (χ2n) is 6.30. The Kier molecular flexibility index (Phi) is 7.27. The summed E-state index contributed by atoms with van der Waals surface area (Å²) < 4.78 is 15.7. The Morgan fingerprint density at radius 2 is 1.54 bits per heavy atom. The maximum absolute atomic E-state index is 11.3. The number of ether oxygens (including phenoxy) is 3. The highest BCUT2D eigenvalue weighted by Crippen LogP contribution is 2.25. The monoisotopic (exact) mass is 383 g/mol. The second-order valence-corrected chi connectivity index (χ2v) is 6.30. The maximum Gasteiger partial charge on any atom is 0.217 e. The number of hydrogen-bond donors (Lipinski definition) is 8. The van der Waals surface area contributed by atoms with Crippen molar-refractivity contribution < 1.29 is 54.8 Å². The SMILES string of the molecule is CC(=O)N[C@H]1[C@H](OC[C@H]2O[C@@H](O)[C@H](O)[C@@H](O)[C@H]2O)O[C@H](CO)[C@@H](O)[C@@H]1O. The number of amides is 1. The first-order chi connectivity index (χ1) is 12.2. The summed E-state index contributed by atoms with van der Waals surface area (Å²) in [6.07, 6.45) is -13.5. The zero-order chi connectivity index (χ0) is 19.6. The van der Waals surface area contributed by atoms with Gasteiger partial charge in [0.2, 0.25) is 5.91 Å². The number of rotatable bonds is 5. The molecule has 2 rings (SSSR count). The summed E-state index contributed by atoms with van der Waals surface area (Å²) in [5.41, 5.74) is 0. The van der Waals surface area contributed by atoms with Gasteiger partial charge in [-0.3, -0.25) is 4.79 Å². The third kappa shape index (κ3) is 4.48. The Balaban J connectivity index is 2.05. The first kappa shape index (κ1) is 21.4. The van der Waals surface area contributed by atoms with Gasteiger partial charge in [0.25, 0.3) is 0 Å². The average molecular weight is 383 g/mol. The molecular formula is C14H25NO11. The highest BCUT2D eigenvalue weighted by Gasteiger charge is 2.47. The van der Waals surface area contributed by atoms with E-state index in [4.69, 9.17) is 14.2 Å². The molecule has 0 aromatic carbocycles. The van der Waals surface area contributed by atoms with Crippen LogP contribution >= 0.6 is 0 Å². The number of carbonyl (C=O) groups excluding carboxylic acids is 1. The first-order valence-corrected chi connectivity index (χ1v) is 8.06. The normalized spacial score (nSPS) is 46.8. The van der Waals surface area contributed by atoms with Gasteiger partial charge < -0.3 is 55.3 Å². The quantitative estimate of drug-likeness (QED) is 0.226. The lowest BCUT2D eigenvalue weighted by Gasteiger charge is -2.43. The van der Waals surface area contributed by atoms with Crippen LogP contribution in [0.25, 0.3) is 0 Å². The van der Waals surface area contributed by atoms with E-state index in [1.54, 1.807) is 0 Å². The predicted octanol–water partition coefficient (Wildman–Crippen LogP) is -5.25. The second kappa shape index (κ2) is 8.84. The maximum atomic E-state index is 11.3. The van der Waals surface area contributed by atoms with E-state index in [0.29, 0.717) is 0 Å². The molecule has 0 aromatic rings. The van der Waals surface area contributed by atoms with Crippen molar-refractivity contribution >= 4 is 5.91 Å². The van der Waals surface area contributed by atoms with E-state index in [2.05, 4.69) is 5.32 Å². The van der Waals surface area contributed by atoms with Crippen LogP contribution in [0.5, 0.6) is 0 Å². The fourth-order valence-corrected chi connectivity index (χ4v) is 2.87. The predicted molar refractivity (Wildman–Crippen MR) is 80.2 cm³/mol. The summed E-state index contributed by atoms with van der Waals surface area (Å²) in [6.45, 7) is 0.0944. The fraction of sp³-hybridized carbons (Fsp3) is 0.929. The molecule has 26 heavy (non-hydrogen) atoms. The van der Waals surface area contributed by atoms with Crippen LogP contribution in [0.3, 0.4) is 0 Å². The van der Waals surface area contributed by atoms with Crippen LogP contribution in [0.15, 0.2) is 0 Å². The van der Waals surface area contributed by atoms with Crippen molar-refractivity contribution in [1.29, 1.82) is 0 Å². The molecule has 10 atom stereocenters. The van der Waals surface area contributed by atoms with Gasteiger partial charge >= 0.3 is 0 Å². The Morgan fingerprint density at radius 3 is 2.12 bits per heavy atom. The van der Waals surface area contributed by atoms with Gasteiger partial charge in [-0.15, -0.1) is 0 Å². The van der Waals surface area contributed by atoms with Gasteiger partial charge in [0.1, 0.15) is 48.8 Å². The lowest BCUT2D eigenvalue weighted by Crippen LogP contribution is -2.65. The van der Waals surface area contributed by atoms with Gasteiger partial charge in [-0.1, -0.05) is 0 Å². The standard InChI is InChI=1S/C14H25NO11/c1-4(17)15-7-10(20)8(18)5(2-16)26-14(7)24-3-6-9(19)11(21)12(22)13(23)25-6/h5-14,16,18-23H,2-3H2,1H3,(H,15,17)/t5-,6-,7-,8-,9+,10-,11+,12-,13-,14-/m1/s1. The number of nitrogens with one attached hydrogen (secondary N) is 1. The minimum Gasteiger partial charge on any atom is -0.394 e. The van der Waals surface area contributed by atoms with Gasteiger partial charge in [-0.25, -0.2) is 0 Å². The molecule has 2 aliphatic rings. The van der Waals surface area contributed by atoms with E-state index >= 15 is 0 Å². The highest BCUT2D eigenvalue weighted by atomic mass is 16.7. The van der Waals surface area contributed by atoms with Gasteiger partial charge in [0, 0.05) is 6.92 Å². The van der Waals surface area contributed by atoms with Crippen LogP contribution in [0.2, 0.25) is 0 Å². The van der Waals surface area contributed by atoms with Crippen LogP contribution in [0, 0.1) is 0 Å². The van der Waals surface area contributed by atoms with Gasteiger partial charge in [-0.2, -0.15) is 0 Å². The highest BCUT2D eigenvalue weighted by molar-refractivity contribution is 5.73. The molecule has 2 heterocycles. The number of carbonyl (C=O) groups is 1. The Bertz CT molecular complexity index is 480.